The van der Waals surface area contributed by atoms with Gasteiger partial charge in [-0.05, 0) is 18.1 Å². The van der Waals surface area contributed by atoms with Crippen LogP contribution >= 0.6 is 0 Å². The van der Waals surface area contributed by atoms with Gasteiger partial charge in [0.05, 0.1) is 18.5 Å². The predicted octanol–water partition coefficient (Wildman–Crippen LogP) is 2.08. The van der Waals surface area contributed by atoms with Crippen LogP contribution in [0.5, 0.6) is 0 Å². The summed E-state index contributed by atoms with van der Waals surface area (Å²) >= 11 is 0. The van der Waals surface area contributed by atoms with Crippen molar-refractivity contribution in [3.63, 3.8) is 0 Å². The molecule has 0 aliphatic heterocycles. The Morgan fingerprint density at radius 3 is 2.92 bits per heavy atom. The average Bonchev–Trinajstić information content (AvgIpc) is 3.39. The molecule has 0 saturated heterocycles. The number of guanidine groups is 1. The maximum absolute atomic E-state index is 5.31. The first-order valence-electron chi connectivity index (χ1n) is 8.51. The van der Waals surface area contributed by atoms with Gasteiger partial charge in [-0.1, -0.05) is 19.0 Å². The van der Waals surface area contributed by atoms with Crippen LogP contribution in [0.2, 0.25) is 0 Å². The third kappa shape index (κ3) is 4.50. The van der Waals surface area contributed by atoms with E-state index in [2.05, 4.69) is 49.8 Å². The number of aliphatic imine (C=N–C) groups is 1. The van der Waals surface area contributed by atoms with E-state index < -0.39 is 0 Å². The summed E-state index contributed by atoms with van der Waals surface area (Å²) in [5.41, 5.74) is 0.947. The summed E-state index contributed by atoms with van der Waals surface area (Å²) in [5, 5.41) is 17.5. The highest BCUT2D eigenvalue weighted by Gasteiger charge is 2.09. The van der Waals surface area contributed by atoms with Crippen LogP contribution < -0.4 is 10.6 Å². The van der Waals surface area contributed by atoms with E-state index >= 15 is 0 Å². The minimum atomic E-state index is 0.345. The van der Waals surface area contributed by atoms with E-state index in [1.165, 1.54) is 0 Å². The van der Waals surface area contributed by atoms with E-state index in [1.54, 1.807) is 19.4 Å². The Morgan fingerprint density at radius 2 is 2.23 bits per heavy atom. The third-order valence-electron chi connectivity index (χ3n) is 3.75. The van der Waals surface area contributed by atoms with Crippen molar-refractivity contribution in [2.75, 3.05) is 13.6 Å². The second kappa shape index (κ2) is 8.32. The van der Waals surface area contributed by atoms with Gasteiger partial charge in [0.2, 0.25) is 5.82 Å². The molecule has 0 unspecified atom stereocenters. The molecule has 0 fully saturated rings. The van der Waals surface area contributed by atoms with Gasteiger partial charge in [-0.15, -0.1) is 0 Å². The van der Waals surface area contributed by atoms with Crippen molar-refractivity contribution in [1.29, 1.82) is 0 Å². The quantitative estimate of drug-likeness (QED) is 0.438. The van der Waals surface area contributed by atoms with Gasteiger partial charge in [-0.25, -0.2) is 4.98 Å². The maximum atomic E-state index is 5.31. The van der Waals surface area contributed by atoms with Crippen LogP contribution in [0.15, 0.2) is 38.4 Å². The molecule has 3 aromatic rings. The smallest absolute Gasteiger partial charge is 0.216 e. The highest BCUT2D eigenvalue weighted by Crippen LogP contribution is 2.14. The minimum absolute atomic E-state index is 0.345. The fraction of sp³-hybridized carbons (Fsp3) is 0.412. The summed E-state index contributed by atoms with van der Waals surface area (Å²) in [7, 11) is 1.72. The van der Waals surface area contributed by atoms with Crippen LogP contribution in [-0.4, -0.2) is 39.9 Å². The number of hydrogen-bond acceptors (Lipinski definition) is 6. The molecule has 9 heteroatoms. The van der Waals surface area contributed by atoms with Crippen LogP contribution in [0.1, 0.15) is 37.0 Å². The van der Waals surface area contributed by atoms with Crippen LogP contribution in [0.4, 0.5) is 0 Å². The van der Waals surface area contributed by atoms with Crippen molar-refractivity contribution < 1.29 is 8.94 Å². The lowest BCUT2D eigenvalue weighted by atomic mass is 10.1. The van der Waals surface area contributed by atoms with Gasteiger partial charge < -0.3 is 19.6 Å². The Bertz CT molecular complexity index is 833. The van der Waals surface area contributed by atoms with Crippen LogP contribution in [0.3, 0.4) is 0 Å². The molecule has 3 rings (SSSR count). The normalized spacial score (nSPS) is 11.9. The van der Waals surface area contributed by atoms with Crippen molar-refractivity contribution >= 4 is 5.96 Å². The monoisotopic (exact) mass is 357 g/mol. The van der Waals surface area contributed by atoms with Gasteiger partial charge in [-0.3, -0.25) is 10.1 Å². The minimum Gasteiger partial charge on any atom is -0.461 e. The Balaban J connectivity index is 1.44. The molecule has 0 aliphatic rings. The van der Waals surface area contributed by atoms with Crippen molar-refractivity contribution in [3.05, 3.63) is 41.7 Å². The fourth-order valence-corrected chi connectivity index (χ4v) is 2.30. The number of aromatic nitrogens is 4. The average molecular weight is 357 g/mol. The topological polar surface area (TPSA) is 117 Å². The van der Waals surface area contributed by atoms with Crippen molar-refractivity contribution in [2.24, 2.45) is 4.99 Å². The number of nitrogens with zero attached hydrogens (tertiary/aromatic N) is 4. The van der Waals surface area contributed by atoms with Gasteiger partial charge in [0.15, 0.2) is 17.5 Å². The SMILES string of the molecule is CN=C(NCCc1nc(-c2ccco2)n[nH]1)NCc1cc(C(C)C)no1. The maximum Gasteiger partial charge on any atom is 0.216 e. The molecule has 0 spiro atoms. The molecule has 9 nitrogen and oxygen atoms in total. The van der Waals surface area contributed by atoms with E-state index in [0.29, 0.717) is 43.0 Å². The number of nitrogens with one attached hydrogen (secondary N) is 3. The van der Waals surface area contributed by atoms with Gasteiger partial charge in [-0.2, -0.15) is 5.10 Å². The van der Waals surface area contributed by atoms with E-state index in [9.17, 15) is 0 Å². The highest BCUT2D eigenvalue weighted by atomic mass is 16.5. The molecule has 0 amide bonds. The van der Waals surface area contributed by atoms with Crippen LogP contribution in [-0.2, 0) is 13.0 Å². The zero-order chi connectivity index (χ0) is 18.4. The summed E-state index contributed by atoms with van der Waals surface area (Å²) in [6, 6.07) is 5.59. The molecule has 0 aromatic carbocycles. The number of H-pyrrole nitrogens is 1. The fourth-order valence-electron chi connectivity index (χ4n) is 2.30. The zero-order valence-corrected chi connectivity index (χ0v) is 15.1. The summed E-state index contributed by atoms with van der Waals surface area (Å²) < 4.78 is 10.6. The third-order valence-corrected chi connectivity index (χ3v) is 3.75. The lowest BCUT2D eigenvalue weighted by Gasteiger charge is -2.09. The number of furan rings is 1. The van der Waals surface area contributed by atoms with Crippen LogP contribution in [0.25, 0.3) is 11.6 Å². The van der Waals surface area contributed by atoms with Crippen molar-refractivity contribution in [1.82, 2.24) is 31.0 Å². The van der Waals surface area contributed by atoms with Gasteiger partial charge in [0.1, 0.15) is 5.82 Å². The summed E-state index contributed by atoms with van der Waals surface area (Å²) in [5.74, 6) is 3.77. The molecular weight excluding hydrogens is 334 g/mol. The molecule has 0 saturated carbocycles. The largest absolute Gasteiger partial charge is 0.461 e. The second-order valence-corrected chi connectivity index (χ2v) is 6.06. The van der Waals surface area contributed by atoms with E-state index in [0.717, 1.165) is 17.3 Å². The standard InChI is InChI=1S/C17H23N7O2/c1-11(2)13-9-12(26-24-13)10-20-17(18-3)19-7-6-15-21-16(23-22-15)14-5-4-8-25-14/h4-5,8-9,11H,6-7,10H2,1-3H3,(H2,18,19,20)(H,21,22,23). The van der Waals surface area contributed by atoms with Gasteiger partial charge in [0, 0.05) is 26.1 Å². The number of rotatable bonds is 7. The Labute approximate surface area is 151 Å². The first kappa shape index (κ1) is 17.7. The zero-order valence-electron chi connectivity index (χ0n) is 15.1. The molecule has 0 aliphatic carbocycles. The predicted molar refractivity (Wildman–Crippen MR) is 96.6 cm³/mol. The molecule has 26 heavy (non-hydrogen) atoms. The molecule has 0 radical (unpaired) electrons. The lowest BCUT2D eigenvalue weighted by Crippen LogP contribution is -2.37. The van der Waals surface area contributed by atoms with E-state index in [1.807, 2.05) is 12.1 Å². The number of hydrogen-bond donors (Lipinski definition) is 3. The molecular formula is C17H23N7O2. The molecule has 3 heterocycles. The molecule has 138 valence electrons. The van der Waals surface area contributed by atoms with Gasteiger partial charge >= 0.3 is 0 Å². The summed E-state index contributed by atoms with van der Waals surface area (Å²) in [4.78, 5) is 8.60. The first-order valence-corrected chi connectivity index (χ1v) is 8.51. The second-order valence-electron chi connectivity index (χ2n) is 6.06. The Hall–Kier alpha value is -3.10. The lowest BCUT2D eigenvalue weighted by molar-refractivity contribution is 0.372. The van der Waals surface area contributed by atoms with Crippen LogP contribution in [0, 0.1) is 0 Å². The molecule has 3 aromatic heterocycles. The van der Waals surface area contributed by atoms with Crippen molar-refractivity contribution in [2.45, 2.75) is 32.7 Å². The summed E-state index contributed by atoms with van der Waals surface area (Å²) in [6.07, 6.45) is 2.27. The molecule has 0 bridgehead atoms. The van der Waals surface area contributed by atoms with E-state index in [4.69, 9.17) is 8.94 Å². The van der Waals surface area contributed by atoms with Gasteiger partial charge in [0.25, 0.3) is 0 Å². The van der Waals surface area contributed by atoms with E-state index in [-0.39, 0.29) is 0 Å². The van der Waals surface area contributed by atoms with Crippen molar-refractivity contribution in [3.8, 4) is 11.6 Å². The summed E-state index contributed by atoms with van der Waals surface area (Å²) in [6.45, 7) is 5.33. The number of aromatic amines is 1. The Kier molecular flexibility index (Phi) is 5.67. The Morgan fingerprint density at radius 1 is 1.35 bits per heavy atom. The molecule has 0 atom stereocenters. The molecule has 3 N–H and O–H groups in total. The first-order chi connectivity index (χ1) is 12.7. The highest BCUT2D eigenvalue weighted by molar-refractivity contribution is 5.79.